The summed E-state index contributed by atoms with van der Waals surface area (Å²) in [6, 6.07) is 12.0. The van der Waals surface area contributed by atoms with Gasteiger partial charge < -0.3 is 19.0 Å². The average Bonchev–Trinajstić information content (AvgIpc) is 3.47. The first-order valence-electron chi connectivity index (χ1n) is 10.7. The smallest absolute Gasteiger partial charge is 0.256 e. The lowest BCUT2D eigenvalue weighted by Crippen LogP contribution is -2.39. The predicted molar refractivity (Wildman–Crippen MR) is 118 cm³/mol. The van der Waals surface area contributed by atoms with Gasteiger partial charge in [-0.15, -0.1) is 0 Å². The molecule has 0 saturated carbocycles. The lowest BCUT2D eigenvalue weighted by Gasteiger charge is -2.31. The Morgan fingerprint density at radius 3 is 2.94 bits per heavy atom. The van der Waals surface area contributed by atoms with Crippen molar-refractivity contribution in [1.82, 2.24) is 14.9 Å². The summed E-state index contributed by atoms with van der Waals surface area (Å²) < 4.78 is 24.5. The molecule has 1 aliphatic heterocycles. The number of fused-ring (bicyclic) bond motifs is 1. The average molecular weight is 433 g/mol. The quantitative estimate of drug-likeness (QED) is 0.485. The Hall–Kier alpha value is -3.61. The van der Waals surface area contributed by atoms with E-state index < -0.39 is 0 Å². The Morgan fingerprint density at radius 1 is 1.28 bits per heavy atom. The molecule has 1 unspecified atom stereocenters. The number of hydrogen-bond donors (Lipinski definition) is 1. The van der Waals surface area contributed by atoms with Crippen molar-refractivity contribution >= 4 is 16.8 Å². The minimum Gasteiger partial charge on any atom is -0.497 e. The van der Waals surface area contributed by atoms with Gasteiger partial charge in [-0.2, -0.15) is 0 Å². The molecule has 1 N–H and O–H groups in total. The van der Waals surface area contributed by atoms with Crippen molar-refractivity contribution in [3.05, 3.63) is 83.5 Å². The molecule has 2 aromatic heterocycles. The van der Waals surface area contributed by atoms with Crippen LogP contribution in [0.25, 0.3) is 10.9 Å². The monoisotopic (exact) mass is 433 g/mol. The Morgan fingerprint density at radius 2 is 2.12 bits per heavy atom. The fraction of sp³-hybridized carbons (Fsp3) is 0.280. The van der Waals surface area contributed by atoms with Crippen LogP contribution in [0.3, 0.4) is 0 Å². The topological polar surface area (TPSA) is 71.4 Å². The number of likely N-dealkylation sites (tertiary alicyclic amines) is 1. The van der Waals surface area contributed by atoms with Gasteiger partial charge >= 0.3 is 0 Å². The summed E-state index contributed by atoms with van der Waals surface area (Å²) in [6.45, 7) is 1.26. The number of carbonyl (C=O) groups is 1. The van der Waals surface area contributed by atoms with Crippen molar-refractivity contribution in [1.29, 1.82) is 0 Å². The molecule has 3 heterocycles. The van der Waals surface area contributed by atoms with E-state index >= 15 is 0 Å². The number of nitrogens with zero attached hydrogens (tertiary/aromatic N) is 2. The molecular formula is C25H24FN3O3. The fourth-order valence-corrected chi connectivity index (χ4v) is 4.33. The molecule has 7 heteroatoms. The summed E-state index contributed by atoms with van der Waals surface area (Å²) in [5.74, 6) is 1.89. The first kappa shape index (κ1) is 20.3. The van der Waals surface area contributed by atoms with Gasteiger partial charge in [-0.3, -0.25) is 4.79 Å². The zero-order valence-electron chi connectivity index (χ0n) is 17.8. The van der Waals surface area contributed by atoms with Crippen molar-refractivity contribution in [2.75, 3.05) is 20.2 Å². The number of amides is 1. The van der Waals surface area contributed by atoms with E-state index in [1.54, 1.807) is 31.6 Å². The predicted octanol–water partition coefficient (Wildman–Crippen LogP) is 4.91. The van der Waals surface area contributed by atoms with Crippen LogP contribution in [-0.4, -0.2) is 41.0 Å². The summed E-state index contributed by atoms with van der Waals surface area (Å²) in [7, 11) is 1.62. The lowest BCUT2D eigenvalue weighted by atomic mass is 9.97. The molecular weight excluding hydrogens is 409 g/mol. The van der Waals surface area contributed by atoms with Gasteiger partial charge in [0.1, 0.15) is 17.3 Å². The molecule has 1 amide bonds. The number of nitrogens with one attached hydrogen (secondary N) is 1. The van der Waals surface area contributed by atoms with Crippen molar-refractivity contribution in [2.45, 2.75) is 25.2 Å². The standard InChI is InChI=1S/C25H24FN3O3/c1-31-19-8-9-23-21(12-19)22(14-27-23)25(30)29-10-2-3-17(15-29)24-28-13-20(32-24)11-16-4-6-18(26)7-5-16/h4-9,12-14,17,27H,2-3,10-11,15H2,1H3. The third-order valence-electron chi connectivity index (χ3n) is 6.04. The van der Waals surface area contributed by atoms with Gasteiger partial charge in [-0.25, -0.2) is 9.37 Å². The number of ether oxygens (including phenoxy) is 1. The van der Waals surface area contributed by atoms with Crippen LogP contribution in [0, 0.1) is 5.82 Å². The first-order valence-corrected chi connectivity index (χ1v) is 10.7. The first-order chi connectivity index (χ1) is 15.6. The van der Waals surface area contributed by atoms with Gasteiger partial charge in [0.2, 0.25) is 0 Å². The van der Waals surface area contributed by atoms with Gasteiger partial charge in [-0.1, -0.05) is 12.1 Å². The van der Waals surface area contributed by atoms with E-state index in [-0.39, 0.29) is 17.6 Å². The van der Waals surface area contributed by atoms with E-state index in [2.05, 4.69) is 9.97 Å². The van der Waals surface area contributed by atoms with Gasteiger partial charge in [0, 0.05) is 36.6 Å². The third kappa shape index (κ3) is 3.98. The molecule has 5 rings (SSSR count). The Balaban J connectivity index is 1.31. The maximum atomic E-state index is 13.3. The number of aromatic nitrogens is 2. The van der Waals surface area contributed by atoms with Crippen LogP contribution in [0.5, 0.6) is 5.75 Å². The van der Waals surface area contributed by atoms with Gasteiger partial charge in [0.15, 0.2) is 5.89 Å². The molecule has 6 nitrogen and oxygen atoms in total. The van der Waals surface area contributed by atoms with Gasteiger partial charge in [0.25, 0.3) is 5.91 Å². The van der Waals surface area contributed by atoms with Crippen molar-refractivity contribution < 1.29 is 18.3 Å². The number of benzene rings is 2. The molecule has 2 aromatic carbocycles. The zero-order chi connectivity index (χ0) is 22.1. The Labute approximate surface area is 185 Å². The van der Waals surface area contributed by atoms with Crippen LogP contribution < -0.4 is 4.74 Å². The molecule has 0 spiro atoms. The Kier molecular flexibility index (Phi) is 5.39. The minimum atomic E-state index is -0.257. The van der Waals surface area contributed by atoms with Gasteiger partial charge in [-0.05, 0) is 48.7 Å². The maximum absolute atomic E-state index is 13.3. The number of halogens is 1. The van der Waals surface area contributed by atoms with Crippen molar-refractivity contribution in [3.8, 4) is 5.75 Å². The lowest BCUT2D eigenvalue weighted by molar-refractivity contribution is 0.0700. The van der Waals surface area contributed by atoms with E-state index in [4.69, 9.17) is 9.15 Å². The molecule has 0 bridgehead atoms. The van der Waals surface area contributed by atoms with E-state index in [0.717, 1.165) is 40.8 Å². The molecule has 1 atom stereocenters. The van der Waals surface area contributed by atoms with Crippen molar-refractivity contribution in [3.63, 3.8) is 0 Å². The van der Waals surface area contributed by atoms with Crippen LogP contribution in [0.15, 0.2) is 59.3 Å². The Bertz CT molecular complexity index is 1250. The number of hydrogen-bond acceptors (Lipinski definition) is 4. The van der Waals surface area contributed by atoms with Crippen LogP contribution in [0.2, 0.25) is 0 Å². The number of aromatic amines is 1. The molecule has 1 aliphatic rings. The second kappa shape index (κ2) is 8.49. The van der Waals surface area contributed by atoms with Crippen LogP contribution >= 0.6 is 0 Å². The summed E-state index contributed by atoms with van der Waals surface area (Å²) in [5, 5.41) is 0.856. The van der Waals surface area contributed by atoms with Crippen LogP contribution in [-0.2, 0) is 6.42 Å². The number of H-pyrrole nitrogens is 1. The summed E-state index contributed by atoms with van der Waals surface area (Å²) in [6.07, 6.45) is 5.85. The molecule has 164 valence electrons. The van der Waals surface area contributed by atoms with Crippen LogP contribution in [0.4, 0.5) is 4.39 Å². The molecule has 1 fully saturated rings. The number of rotatable bonds is 5. The van der Waals surface area contributed by atoms with E-state index in [9.17, 15) is 9.18 Å². The second-order valence-electron chi connectivity index (χ2n) is 8.17. The third-order valence-corrected chi connectivity index (χ3v) is 6.04. The number of methoxy groups -OCH3 is 1. The maximum Gasteiger partial charge on any atom is 0.256 e. The molecule has 1 saturated heterocycles. The summed E-state index contributed by atoms with van der Waals surface area (Å²) >= 11 is 0. The largest absolute Gasteiger partial charge is 0.497 e. The highest BCUT2D eigenvalue weighted by atomic mass is 19.1. The van der Waals surface area contributed by atoms with Gasteiger partial charge in [0.05, 0.1) is 24.8 Å². The fourth-order valence-electron chi connectivity index (χ4n) is 4.33. The van der Waals surface area contributed by atoms with E-state index in [1.165, 1.54) is 12.1 Å². The summed E-state index contributed by atoms with van der Waals surface area (Å²) in [5.41, 5.74) is 2.51. The summed E-state index contributed by atoms with van der Waals surface area (Å²) in [4.78, 5) is 22.8. The SMILES string of the molecule is COc1ccc2[nH]cc(C(=O)N3CCCC(c4ncc(Cc5ccc(F)cc5)o4)C3)c2c1. The highest BCUT2D eigenvalue weighted by molar-refractivity contribution is 6.07. The number of oxazole rings is 1. The number of carbonyl (C=O) groups excluding carboxylic acids is 1. The molecule has 4 aromatic rings. The van der Waals surface area contributed by atoms with E-state index in [1.807, 2.05) is 23.1 Å². The molecule has 0 radical (unpaired) electrons. The van der Waals surface area contributed by atoms with Crippen LogP contribution in [0.1, 0.15) is 46.3 Å². The zero-order valence-corrected chi connectivity index (χ0v) is 17.8. The highest BCUT2D eigenvalue weighted by Crippen LogP contribution is 2.30. The second-order valence-corrected chi connectivity index (χ2v) is 8.17. The minimum absolute atomic E-state index is 0.00713. The van der Waals surface area contributed by atoms with Crippen molar-refractivity contribution in [2.24, 2.45) is 0 Å². The normalized spacial score (nSPS) is 16.4. The molecule has 0 aliphatic carbocycles. The molecule has 32 heavy (non-hydrogen) atoms. The highest BCUT2D eigenvalue weighted by Gasteiger charge is 2.29. The van der Waals surface area contributed by atoms with E-state index in [0.29, 0.717) is 31.0 Å². The number of piperidine rings is 1.